The first-order valence-electron chi connectivity index (χ1n) is 6.23. The molecule has 5 heteroatoms. The smallest absolute Gasteiger partial charge is 0.224 e. The second kappa shape index (κ2) is 8.88. The number of hydrogen-bond donors (Lipinski definition) is 1. The van der Waals surface area contributed by atoms with Gasteiger partial charge >= 0.3 is 0 Å². The number of carbonyl (C=O) groups excluding carboxylic acids is 1. The van der Waals surface area contributed by atoms with E-state index in [2.05, 4.69) is 5.32 Å². The van der Waals surface area contributed by atoms with Gasteiger partial charge in [0.25, 0.3) is 0 Å². The average Bonchev–Trinajstić information content (AvgIpc) is 2.34. The van der Waals surface area contributed by atoms with Crippen LogP contribution >= 0.6 is 12.4 Å². The average molecular weight is 289 g/mol. The molecule has 108 valence electrons. The number of carbonyl (C=O) groups is 1. The van der Waals surface area contributed by atoms with Crippen LogP contribution in [0.2, 0.25) is 0 Å². The van der Waals surface area contributed by atoms with Crippen LogP contribution in [0, 0.1) is 5.82 Å². The van der Waals surface area contributed by atoms with Gasteiger partial charge in [-0.2, -0.15) is 0 Å². The Morgan fingerprint density at radius 2 is 2.00 bits per heavy atom. The molecule has 0 saturated heterocycles. The van der Waals surface area contributed by atoms with E-state index in [1.807, 2.05) is 20.9 Å². The molecule has 0 radical (unpaired) electrons. The van der Waals surface area contributed by atoms with Crippen molar-refractivity contribution in [3.05, 3.63) is 35.6 Å². The Kier molecular flexibility index (Phi) is 8.35. The summed E-state index contributed by atoms with van der Waals surface area (Å²) >= 11 is 0. The molecule has 1 rings (SSSR count). The van der Waals surface area contributed by atoms with Crippen LogP contribution in [0.5, 0.6) is 0 Å². The lowest BCUT2D eigenvalue weighted by atomic mass is 10.1. The number of benzene rings is 1. The Morgan fingerprint density at radius 3 is 2.53 bits per heavy atom. The molecular weight excluding hydrogens is 267 g/mol. The molecule has 1 amide bonds. The van der Waals surface area contributed by atoms with Crippen LogP contribution in [-0.2, 0) is 11.3 Å². The molecule has 1 aromatic rings. The minimum Gasteiger partial charge on any atom is -0.336 e. The normalized spacial score (nSPS) is 10.2. The van der Waals surface area contributed by atoms with Crippen molar-refractivity contribution < 1.29 is 9.18 Å². The highest BCUT2D eigenvalue weighted by molar-refractivity contribution is 5.85. The standard InChI is InChI=1S/C14H21FN2O.ClH/c1-11(2)17(14(18)8-9-16-3)10-12-6-4-5-7-13(12)15;/h4-7,11,16H,8-10H2,1-3H3;1H. The second-order valence-electron chi connectivity index (χ2n) is 4.56. The zero-order valence-electron chi connectivity index (χ0n) is 11.6. The summed E-state index contributed by atoms with van der Waals surface area (Å²) in [6, 6.07) is 6.65. The molecule has 0 aliphatic heterocycles. The number of amides is 1. The molecule has 19 heavy (non-hydrogen) atoms. The minimum absolute atomic E-state index is 0. The van der Waals surface area contributed by atoms with Crippen LogP contribution in [0.3, 0.4) is 0 Å². The second-order valence-corrected chi connectivity index (χ2v) is 4.56. The fraction of sp³-hybridized carbons (Fsp3) is 0.500. The van der Waals surface area contributed by atoms with Gasteiger partial charge in [-0.15, -0.1) is 12.4 Å². The van der Waals surface area contributed by atoms with Crippen molar-refractivity contribution in [2.45, 2.75) is 32.9 Å². The first kappa shape index (κ1) is 17.9. The summed E-state index contributed by atoms with van der Waals surface area (Å²) in [6.07, 6.45) is 0.434. The van der Waals surface area contributed by atoms with Crippen LogP contribution in [0.25, 0.3) is 0 Å². The first-order valence-corrected chi connectivity index (χ1v) is 6.23. The predicted octanol–water partition coefficient (Wildman–Crippen LogP) is 2.59. The summed E-state index contributed by atoms with van der Waals surface area (Å²) in [5, 5.41) is 2.95. The van der Waals surface area contributed by atoms with Crippen molar-refractivity contribution in [1.82, 2.24) is 10.2 Å². The predicted molar refractivity (Wildman–Crippen MR) is 77.9 cm³/mol. The van der Waals surface area contributed by atoms with Crippen LogP contribution < -0.4 is 5.32 Å². The van der Waals surface area contributed by atoms with Gasteiger partial charge in [0.15, 0.2) is 0 Å². The van der Waals surface area contributed by atoms with E-state index in [-0.39, 0.29) is 30.2 Å². The molecule has 3 nitrogen and oxygen atoms in total. The third-order valence-electron chi connectivity index (χ3n) is 2.83. The Bertz CT molecular complexity index is 399. The van der Waals surface area contributed by atoms with Crippen LogP contribution in [-0.4, -0.2) is 30.4 Å². The molecule has 1 N–H and O–H groups in total. The van der Waals surface area contributed by atoms with E-state index in [1.165, 1.54) is 6.07 Å². The highest BCUT2D eigenvalue weighted by Gasteiger charge is 2.17. The van der Waals surface area contributed by atoms with Gasteiger partial charge in [0.2, 0.25) is 5.91 Å². The fourth-order valence-electron chi connectivity index (χ4n) is 1.74. The maximum absolute atomic E-state index is 13.6. The van der Waals surface area contributed by atoms with E-state index < -0.39 is 0 Å². The highest BCUT2D eigenvalue weighted by Crippen LogP contribution is 2.13. The maximum Gasteiger partial charge on any atom is 0.224 e. The highest BCUT2D eigenvalue weighted by atomic mass is 35.5. The Balaban J connectivity index is 0.00000324. The van der Waals surface area contributed by atoms with Crippen LogP contribution in [0.15, 0.2) is 24.3 Å². The van der Waals surface area contributed by atoms with Crippen molar-refractivity contribution in [2.24, 2.45) is 0 Å². The molecule has 0 saturated carbocycles. The lowest BCUT2D eigenvalue weighted by molar-refractivity contribution is -0.133. The van der Waals surface area contributed by atoms with Gasteiger partial charge in [0.1, 0.15) is 5.82 Å². The van der Waals surface area contributed by atoms with Crippen molar-refractivity contribution >= 4 is 18.3 Å². The zero-order valence-corrected chi connectivity index (χ0v) is 12.5. The lowest BCUT2D eigenvalue weighted by Crippen LogP contribution is -2.37. The number of hydrogen-bond acceptors (Lipinski definition) is 2. The van der Waals surface area contributed by atoms with E-state index in [0.29, 0.717) is 25.1 Å². The molecule has 0 atom stereocenters. The molecule has 0 heterocycles. The largest absolute Gasteiger partial charge is 0.336 e. The number of halogens is 2. The van der Waals surface area contributed by atoms with Gasteiger partial charge in [-0.1, -0.05) is 18.2 Å². The van der Waals surface area contributed by atoms with Crippen molar-refractivity contribution in [2.75, 3.05) is 13.6 Å². The molecule has 1 aromatic carbocycles. The number of rotatable bonds is 6. The van der Waals surface area contributed by atoms with Crippen molar-refractivity contribution in [1.29, 1.82) is 0 Å². The molecule has 0 aliphatic rings. The fourth-order valence-corrected chi connectivity index (χ4v) is 1.74. The molecule has 0 unspecified atom stereocenters. The number of nitrogens with zero attached hydrogens (tertiary/aromatic N) is 1. The van der Waals surface area contributed by atoms with Crippen LogP contribution in [0.1, 0.15) is 25.8 Å². The van der Waals surface area contributed by atoms with Gasteiger partial charge < -0.3 is 10.2 Å². The molecule has 0 fully saturated rings. The topological polar surface area (TPSA) is 32.3 Å². The molecule has 0 bridgehead atoms. The monoisotopic (exact) mass is 288 g/mol. The SMILES string of the molecule is CNCCC(=O)N(Cc1ccccc1F)C(C)C.Cl. The zero-order chi connectivity index (χ0) is 13.5. The molecule has 0 aliphatic carbocycles. The minimum atomic E-state index is -0.260. The van der Waals surface area contributed by atoms with Gasteiger partial charge in [0, 0.05) is 31.1 Å². The third kappa shape index (κ3) is 5.57. The van der Waals surface area contributed by atoms with E-state index in [9.17, 15) is 9.18 Å². The maximum atomic E-state index is 13.6. The molecular formula is C14H22ClFN2O. The van der Waals surface area contributed by atoms with Crippen LogP contribution in [0.4, 0.5) is 4.39 Å². The summed E-state index contributed by atoms with van der Waals surface area (Å²) in [5.74, 6) is -0.216. The van der Waals surface area contributed by atoms with Gasteiger partial charge in [-0.25, -0.2) is 4.39 Å². The Morgan fingerprint density at radius 1 is 1.37 bits per heavy atom. The third-order valence-corrected chi connectivity index (χ3v) is 2.83. The van der Waals surface area contributed by atoms with Crippen molar-refractivity contribution in [3.63, 3.8) is 0 Å². The molecule has 0 spiro atoms. The Hall–Kier alpha value is -1.13. The quantitative estimate of drug-likeness (QED) is 0.873. The Labute approximate surface area is 120 Å². The van der Waals surface area contributed by atoms with Gasteiger partial charge in [-0.05, 0) is 27.0 Å². The van der Waals surface area contributed by atoms with E-state index in [4.69, 9.17) is 0 Å². The summed E-state index contributed by atoms with van der Waals surface area (Å²) in [7, 11) is 1.81. The van der Waals surface area contributed by atoms with E-state index >= 15 is 0 Å². The van der Waals surface area contributed by atoms with Gasteiger partial charge in [-0.3, -0.25) is 4.79 Å². The van der Waals surface area contributed by atoms with Gasteiger partial charge in [0.05, 0.1) is 0 Å². The lowest BCUT2D eigenvalue weighted by Gasteiger charge is -2.27. The summed E-state index contributed by atoms with van der Waals surface area (Å²) < 4.78 is 13.6. The molecule has 0 aromatic heterocycles. The summed E-state index contributed by atoms with van der Waals surface area (Å²) in [5.41, 5.74) is 0.559. The summed E-state index contributed by atoms with van der Waals surface area (Å²) in [4.78, 5) is 13.7. The summed E-state index contributed by atoms with van der Waals surface area (Å²) in [6.45, 7) is 4.85. The first-order chi connectivity index (χ1) is 8.56. The number of nitrogens with one attached hydrogen (secondary N) is 1. The van der Waals surface area contributed by atoms with E-state index in [1.54, 1.807) is 23.1 Å². The van der Waals surface area contributed by atoms with Crippen molar-refractivity contribution in [3.8, 4) is 0 Å². The van der Waals surface area contributed by atoms with E-state index in [0.717, 1.165) is 0 Å².